The largest absolute Gasteiger partial charge is 0.466 e. The van der Waals surface area contributed by atoms with Gasteiger partial charge in [0, 0.05) is 11.4 Å². The maximum atomic E-state index is 12.3. The second-order valence-electron chi connectivity index (χ2n) is 5.36. The van der Waals surface area contributed by atoms with Crippen LogP contribution in [0.25, 0.3) is 0 Å². The molecule has 7 nitrogen and oxygen atoms in total. The van der Waals surface area contributed by atoms with Gasteiger partial charge in [0.25, 0.3) is 0 Å². The Morgan fingerprint density at radius 2 is 1.62 bits per heavy atom. The van der Waals surface area contributed by atoms with Gasteiger partial charge in [0.05, 0.1) is 37.0 Å². The molecule has 0 saturated heterocycles. The highest BCUT2D eigenvalue weighted by Crippen LogP contribution is 2.39. The minimum atomic E-state index is -0.667. The lowest BCUT2D eigenvalue weighted by atomic mass is 9.80. The number of hydrogen-bond acceptors (Lipinski definition) is 7. The van der Waals surface area contributed by atoms with Crippen molar-refractivity contribution in [3.63, 3.8) is 0 Å². The fourth-order valence-corrected chi connectivity index (χ4v) is 2.88. The van der Waals surface area contributed by atoms with E-state index in [0.29, 0.717) is 33.8 Å². The Morgan fingerprint density at radius 1 is 1.08 bits per heavy atom. The van der Waals surface area contributed by atoms with Gasteiger partial charge in [-0.15, -0.1) is 0 Å². The average Bonchev–Trinajstić information content (AvgIpc) is 2.59. The number of dihydropyridines is 1. The predicted octanol–water partition coefficient (Wildman–Crippen LogP) is 2.07. The fourth-order valence-electron chi connectivity index (χ4n) is 2.88. The molecule has 0 aromatic heterocycles. The van der Waals surface area contributed by atoms with Gasteiger partial charge in [-0.3, -0.25) is 10.7 Å². The van der Waals surface area contributed by atoms with Gasteiger partial charge in [0.2, 0.25) is 0 Å². The Bertz CT molecular complexity index is 698. The summed E-state index contributed by atoms with van der Waals surface area (Å²) in [5.41, 5.74) is 4.98. The Labute approximate surface area is 139 Å². The number of allylic oxidation sites excluding steroid dienone is 2. The van der Waals surface area contributed by atoms with Crippen molar-refractivity contribution in [1.29, 1.82) is 0 Å². The molecule has 24 heavy (non-hydrogen) atoms. The third-order valence-corrected chi connectivity index (χ3v) is 3.92. The van der Waals surface area contributed by atoms with Crippen LogP contribution < -0.4 is 10.8 Å². The normalized spacial score (nSPS) is 15.0. The van der Waals surface area contributed by atoms with E-state index in [0.717, 1.165) is 0 Å². The summed E-state index contributed by atoms with van der Waals surface area (Å²) < 4.78 is 9.78. The molecule has 0 spiro atoms. The zero-order chi connectivity index (χ0) is 17.9. The second-order valence-corrected chi connectivity index (χ2v) is 5.36. The number of ether oxygens (including phenoxy) is 2. The summed E-state index contributed by atoms with van der Waals surface area (Å²) in [6.45, 7) is 3.48. The SMILES string of the molecule is COC(=O)C1=C(C)NC(C)=C(C(=O)OC)C1c1cccc(NO)c1. The summed E-state index contributed by atoms with van der Waals surface area (Å²) in [6, 6.07) is 6.80. The van der Waals surface area contributed by atoms with Crippen molar-refractivity contribution in [2.24, 2.45) is 0 Å². The van der Waals surface area contributed by atoms with Crippen LogP contribution in [0.5, 0.6) is 0 Å². The lowest BCUT2D eigenvalue weighted by Crippen LogP contribution is -2.32. The Balaban J connectivity index is 2.69. The van der Waals surface area contributed by atoms with Gasteiger partial charge in [-0.25, -0.2) is 9.59 Å². The summed E-state index contributed by atoms with van der Waals surface area (Å²) in [4.78, 5) is 24.6. The molecular weight excluding hydrogens is 312 g/mol. The van der Waals surface area contributed by atoms with E-state index in [9.17, 15) is 9.59 Å². The molecular formula is C17H20N2O5. The van der Waals surface area contributed by atoms with E-state index in [2.05, 4.69) is 10.8 Å². The Hall–Kier alpha value is -2.80. The molecule has 1 aliphatic heterocycles. The zero-order valence-corrected chi connectivity index (χ0v) is 14.0. The minimum Gasteiger partial charge on any atom is -0.466 e. The van der Waals surface area contributed by atoms with Gasteiger partial charge < -0.3 is 14.8 Å². The van der Waals surface area contributed by atoms with E-state index >= 15 is 0 Å². The third-order valence-electron chi connectivity index (χ3n) is 3.92. The first-order valence-electron chi connectivity index (χ1n) is 7.29. The van der Waals surface area contributed by atoms with E-state index < -0.39 is 17.9 Å². The highest BCUT2D eigenvalue weighted by Gasteiger charge is 2.37. The van der Waals surface area contributed by atoms with Crippen molar-refractivity contribution >= 4 is 17.6 Å². The molecule has 1 aromatic carbocycles. The maximum Gasteiger partial charge on any atom is 0.336 e. The number of anilines is 1. The molecule has 0 amide bonds. The molecule has 1 aromatic rings. The molecule has 2 rings (SSSR count). The summed E-state index contributed by atoms with van der Waals surface area (Å²) >= 11 is 0. The molecule has 0 aliphatic carbocycles. The van der Waals surface area contributed by atoms with Crippen molar-refractivity contribution < 1.29 is 24.3 Å². The highest BCUT2D eigenvalue weighted by atomic mass is 16.5. The van der Waals surface area contributed by atoms with Crippen LogP contribution >= 0.6 is 0 Å². The van der Waals surface area contributed by atoms with E-state index in [1.807, 2.05) is 0 Å². The molecule has 0 radical (unpaired) electrons. The van der Waals surface area contributed by atoms with Gasteiger partial charge in [-0.05, 0) is 31.5 Å². The molecule has 7 heteroatoms. The van der Waals surface area contributed by atoms with Crippen molar-refractivity contribution in [3.05, 3.63) is 52.4 Å². The molecule has 0 saturated carbocycles. The lowest BCUT2D eigenvalue weighted by molar-refractivity contribution is -0.137. The number of esters is 2. The maximum absolute atomic E-state index is 12.3. The molecule has 1 heterocycles. The first kappa shape index (κ1) is 17.6. The van der Waals surface area contributed by atoms with Gasteiger partial charge in [-0.2, -0.15) is 0 Å². The van der Waals surface area contributed by atoms with E-state index in [1.54, 1.807) is 38.1 Å². The Morgan fingerprint density at radius 3 is 2.08 bits per heavy atom. The smallest absolute Gasteiger partial charge is 0.336 e. The number of carbonyl (C=O) groups is 2. The fraction of sp³-hybridized carbons (Fsp3) is 0.294. The molecule has 0 atom stereocenters. The van der Waals surface area contributed by atoms with Crippen LogP contribution in [0.4, 0.5) is 5.69 Å². The monoisotopic (exact) mass is 332 g/mol. The number of methoxy groups -OCH3 is 2. The van der Waals surface area contributed by atoms with Crippen LogP contribution in [-0.4, -0.2) is 31.4 Å². The van der Waals surface area contributed by atoms with Crippen LogP contribution in [-0.2, 0) is 19.1 Å². The van der Waals surface area contributed by atoms with Gasteiger partial charge >= 0.3 is 11.9 Å². The summed E-state index contributed by atoms with van der Waals surface area (Å²) in [7, 11) is 2.57. The predicted molar refractivity (Wildman–Crippen MR) is 87.2 cm³/mol. The van der Waals surface area contributed by atoms with E-state index in [4.69, 9.17) is 14.7 Å². The molecule has 0 unspecified atom stereocenters. The van der Waals surface area contributed by atoms with Crippen LogP contribution in [0.2, 0.25) is 0 Å². The molecule has 128 valence electrons. The molecule has 3 N–H and O–H groups in total. The van der Waals surface area contributed by atoms with E-state index in [-0.39, 0.29) is 0 Å². The lowest BCUT2D eigenvalue weighted by Gasteiger charge is -2.30. The second kappa shape index (κ2) is 7.18. The minimum absolute atomic E-state index is 0.318. The summed E-state index contributed by atoms with van der Waals surface area (Å²) in [5.74, 6) is -1.75. The van der Waals surface area contributed by atoms with Crippen LogP contribution in [0.3, 0.4) is 0 Å². The number of benzene rings is 1. The molecule has 0 bridgehead atoms. The Kier molecular flexibility index (Phi) is 5.25. The topological polar surface area (TPSA) is 96.9 Å². The molecule has 0 fully saturated rings. The summed E-state index contributed by atoms with van der Waals surface area (Å²) in [6.07, 6.45) is 0. The van der Waals surface area contributed by atoms with Crippen LogP contribution in [0.1, 0.15) is 25.3 Å². The third kappa shape index (κ3) is 3.11. The van der Waals surface area contributed by atoms with Crippen molar-refractivity contribution in [2.75, 3.05) is 19.7 Å². The average molecular weight is 332 g/mol. The highest BCUT2D eigenvalue weighted by molar-refractivity contribution is 5.99. The first-order valence-corrected chi connectivity index (χ1v) is 7.29. The number of hydrogen-bond donors (Lipinski definition) is 3. The number of carbonyl (C=O) groups excluding carboxylic acids is 2. The number of rotatable bonds is 4. The zero-order valence-electron chi connectivity index (χ0n) is 14.0. The van der Waals surface area contributed by atoms with Gasteiger partial charge in [-0.1, -0.05) is 12.1 Å². The van der Waals surface area contributed by atoms with Crippen LogP contribution in [0, 0.1) is 0 Å². The van der Waals surface area contributed by atoms with Gasteiger partial charge in [0.1, 0.15) is 0 Å². The van der Waals surface area contributed by atoms with E-state index in [1.165, 1.54) is 14.2 Å². The van der Waals surface area contributed by atoms with Crippen molar-refractivity contribution in [2.45, 2.75) is 19.8 Å². The summed E-state index contributed by atoms with van der Waals surface area (Å²) in [5, 5.41) is 12.2. The van der Waals surface area contributed by atoms with Crippen molar-refractivity contribution in [3.8, 4) is 0 Å². The first-order chi connectivity index (χ1) is 11.4. The van der Waals surface area contributed by atoms with Crippen LogP contribution in [0.15, 0.2) is 46.8 Å². The van der Waals surface area contributed by atoms with Crippen molar-refractivity contribution in [1.82, 2.24) is 5.32 Å². The number of nitrogens with one attached hydrogen (secondary N) is 2. The molecule has 1 aliphatic rings. The van der Waals surface area contributed by atoms with Gasteiger partial charge in [0.15, 0.2) is 0 Å². The standard InChI is InChI=1S/C17H20N2O5/c1-9-13(16(20)23-3)15(11-6-5-7-12(8-11)19-22)14(10(2)18-9)17(21)24-4/h5-8,15,18-19,22H,1-4H3. The quantitative estimate of drug-likeness (QED) is 0.573.